The van der Waals surface area contributed by atoms with Crippen LogP contribution in [0.4, 0.5) is 0 Å². The van der Waals surface area contributed by atoms with E-state index in [9.17, 15) is 4.79 Å². The number of rotatable bonds is 6. The Morgan fingerprint density at radius 1 is 1.32 bits per heavy atom. The second kappa shape index (κ2) is 7.95. The highest BCUT2D eigenvalue weighted by Crippen LogP contribution is 2.15. The number of H-pyrrole nitrogens is 1. The van der Waals surface area contributed by atoms with Gasteiger partial charge in [0.2, 0.25) is 5.82 Å². The maximum absolute atomic E-state index is 10.9. The number of hydrogen-bond donors (Lipinski definition) is 1. The third kappa shape index (κ3) is 4.32. The van der Waals surface area contributed by atoms with Gasteiger partial charge >= 0.3 is 5.76 Å². The zero-order chi connectivity index (χ0) is 14.5. The van der Waals surface area contributed by atoms with Crippen molar-refractivity contribution in [1.82, 2.24) is 20.0 Å². The lowest BCUT2D eigenvalue weighted by Crippen LogP contribution is -2.21. The largest absolute Gasteiger partial charge is 0.492 e. The van der Waals surface area contributed by atoms with Crippen molar-refractivity contribution in [3.63, 3.8) is 0 Å². The monoisotopic (exact) mass is 326 g/mol. The maximum Gasteiger partial charge on any atom is 0.439 e. The Morgan fingerprint density at radius 3 is 2.77 bits per heavy atom. The number of pyridine rings is 1. The van der Waals surface area contributed by atoms with Gasteiger partial charge in [0.25, 0.3) is 0 Å². The Bertz CT molecular complexity index is 620. The SMILES string of the molecule is Cl.O=c1[nH]c(-c2ccc(OCCCN3CCCC3)cn2)no1. The quantitative estimate of drug-likeness (QED) is 0.814. The molecule has 1 fully saturated rings. The van der Waals surface area contributed by atoms with Gasteiger partial charge < -0.3 is 9.64 Å². The van der Waals surface area contributed by atoms with Gasteiger partial charge in [0.1, 0.15) is 11.4 Å². The first-order chi connectivity index (χ1) is 10.3. The molecular weight excluding hydrogens is 308 g/mol. The fraction of sp³-hybridized carbons (Fsp3) is 0.500. The van der Waals surface area contributed by atoms with E-state index in [1.165, 1.54) is 25.9 Å². The molecule has 0 saturated carbocycles. The van der Waals surface area contributed by atoms with Crippen LogP contribution < -0.4 is 10.5 Å². The van der Waals surface area contributed by atoms with Crippen molar-refractivity contribution in [2.75, 3.05) is 26.2 Å². The van der Waals surface area contributed by atoms with Gasteiger partial charge in [0.05, 0.1) is 12.8 Å². The topological polar surface area (TPSA) is 84.3 Å². The van der Waals surface area contributed by atoms with Gasteiger partial charge in [-0.2, -0.15) is 0 Å². The molecule has 7 nitrogen and oxygen atoms in total. The Labute approximate surface area is 134 Å². The van der Waals surface area contributed by atoms with Crippen LogP contribution in [-0.2, 0) is 0 Å². The molecule has 1 aliphatic heterocycles. The fourth-order valence-corrected chi connectivity index (χ4v) is 2.43. The molecule has 0 spiro atoms. The van der Waals surface area contributed by atoms with E-state index >= 15 is 0 Å². The summed E-state index contributed by atoms with van der Waals surface area (Å²) in [5.41, 5.74) is 0.547. The Balaban J connectivity index is 0.00000176. The number of nitrogens with one attached hydrogen (secondary N) is 1. The van der Waals surface area contributed by atoms with Crippen LogP contribution in [0, 0.1) is 0 Å². The first-order valence-corrected chi connectivity index (χ1v) is 7.19. The molecule has 3 heterocycles. The second-order valence-corrected chi connectivity index (χ2v) is 5.07. The number of hydrogen-bond acceptors (Lipinski definition) is 6. The van der Waals surface area contributed by atoms with Crippen LogP contribution in [0.3, 0.4) is 0 Å². The molecule has 120 valence electrons. The number of halogens is 1. The van der Waals surface area contributed by atoms with E-state index in [1.807, 2.05) is 6.07 Å². The highest BCUT2D eigenvalue weighted by Gasteiger charge is 2.10. The molecule has 22 heavy (non-hydrogen) atoms. The predicted molar refractivity (Wildman–Crippen MR) is 83.4 cm³/mol. The van der Waals surface area contributed by atoms with Crippen molar-refractivity contribution in [3.05, 3.63) is 28.9 Å². The Kier molecular flexibility index (Phi) is 5.97. The number of ether oxygens (including phenoxy) is 1. The minimum absolute atomic E-state index is 0. The van der Waals surface area contributed by atoms with Crippen LogP contribution >= 0.6 is 12.4 Å². The summed E-state index contributed by atoms with van der Waals surface area (Å²) in [4.78, 5) is 20.0. The van der Waals surface area contributed by atoms with E-state index in [4.69, 9.17) is 4.74 Å². The van der Waals surface area contributed by atoms with E-state index in [-0.39, 0.29) is 12.4 Å². The lowest BCUT2D eigenvalue weighted by atomic mass is 10.3. The van der Waals surface area contributed by atoms with Crippen LogP contribution in [0.2, 0.25) is 0 Å². The maximum atomic E-state index is 10.9. The molecule has 1 aliphatic rings. The van der Waals surface area contributed by atoms with Gasteiger partial charge in [-0.05, 0) is 44.5 Å². The summed E-state index contributed by atoms with van der Waals surface area (Å²) < 4.78 is 10.1. The van der Waals surface area contributed by atoms with E-state index in [1.54, 1.807) is 12.3 Å². The molecule has 1 saturated heterocycles. The molecule has 2 aromatic rings. The number of aromatic amines is 1. The summed E-state index contributed by atoms with van der Waals surface area (Å²) in [5.74, 6) is 0.445. The Hall–Kier alpha value is -1.86. The first-order valence-electron chi connectivity index (χ1n) is 7.19. The van der Waals surface area contributed by atoms with Crippen LogP contribution in [0.5, 0.6) is 5.75 Å². The lowest BCUT2D eigenvalue weighted by molar-refractivity contribution is 0.263. The van der Waals surface area contributed by atoms with E-state index in [0.717, 1.165) is 13.0 Å². The van der Waals surface area contributed by atoms with Gasteiger partial charge in [-0.1, -0.05) is 5.16 Å². The smallest absolute Gasteiger partial charge is 0.439 e. The zero-order valence-electron chi connectivity index (χ0n) is 12.2. The van der Waals surface area contributed by atoms with Gasteiger partial charge in [0, 0.05) is 6.54 Å². The number of likely N-dealkylation sites (tertiary alicyclic amines) is 1. The average molecular weight is 327 g/mol. The molecule has 0 bridgehead atoms. The molecule has 3 rings (SSSR count). The summed E-state index contributed by atoms with van der Waals surface area (Å²) in [5, 5.41) is 3.58. The third-order valence-electron chi connectivity index (χ3n) is 3.51. The normalized spacial score (nSPS) is 14.7. The summed E-state index contributed by atoms with van der Waals surface area (Å²) >= 11 is 0. The molecule has 0 radical (unpaired) electrons. The molecule has 0 unspecified atom stereocenters. The average Bonchev–Trinajstić information content (AvgIpc) is 3.16. The molecule has 0 aromatic carbocycles. The first kappa shape index (κ1) is 16.5. The molecule has 8 heteroatoms. The van der Waals surface area contributed by atoms with Crippen LogP contribution in [-0.4, -0.2) is 46.3 Å². The molecule has 0 aliphatic carbocycles. The molecule has 2 aromatic heterocycles. The molecule has 0 amide bonds. The van der Waals surface area contributed by atoms with Gasteiger partial charge in [0.15, 0.2) is 0 Å². The minimum Gasteiger partial charge on any atom is -0.492 e. The summed E-state index contributed by atoms with van der Waals surface area (Å²) in [6.45, 7) is 4.20. The van der Waals surface area contributed by atoms with Gasteiger partial charge in [-0.15, -0.1) is 12.4 Å². The summed E-state index contributed by atoms with van der Waals surface area (Å²) in [7, 11) is 0. The van der Waals surface area contributed by atoms with Crippen molar-refractivity contribution < 1.29 is 9.26 Å². The van der Waals surface area contributed by atoms with Crippen molar-refractivity contribution >= 4 is 12.4 Å². The van der Waals surface area contributed by atoms with Gasteiger partial charge in [-0.25, -0.2) is 9.78 Å². The molecule has 0 atom stereocenters. The van der Waals surface area contributed by atoms with Crippen molar-refractivity contribution in [3.8, 4) is 17.3 Å². The molecular formula is C14H19ClN4O3. The number of nitrogens with zero attached hydrogens (tertiary/aromatic N) is 3. The predicted octanol–water partition coefficient (Wildman–Crippen LogP) is 1.71. The standard InChI is InChI=1S/C14H18N4O3.ClH/c19-14-16-13(17-21-14)12-5-4-11(10-15-12)20-9-3-8-18-6-1-2-7-18;/h4-5,10H,1-3,6-9H2,(H,16,17,19);1H. The lowest BCUT2D eigenvalue weighted by Gasteiger charge is -2.14. The summed E-state index contributed by atoms with van der Waals surface area (Å²) in [6.07, 6.45) is 5.27. The van der Waals surface area contributed by atoms with Crippen LogP contribution in [0.15, 0.2) is 27.6 Å². The van der Waals surface area contributed by atoms with E-state index < -0.39 is 5.76 Å². The number of aromatic nitrogens is 3. The van der Waals surface area contributed by atoms with Crippen molar-refractivity contribution in [2.45, 2.75) is 19.3 Å². The highest BCUT2D eigenvalue weighted by atomic mass is 35.5. The van der Waals surface area contributed by atoms with Crippen LogP contribution in [0.25, 0.3) is 11.5 Å². The van der Waals surface area contributed by atoms with Crippen molar-refractivity contribution in [1.29, 1.82) is 0 Å². The van der Waals surface area contributed by atoms with E-state index in [2.05, 4.69) is 24.5 Å². The van der Waals surface area contributed by atoms with Gasteiger partial charge in [-0.3, -0.25) is 9.51 Å². The minimum atomic E-state index is -0.589. The van der Waals surface area contributed by atoms with E-state index in [0.29, 0.717) is 23.9 Å². The van der Waals surface area contributed by atoms with Crippen molar-refractivity contribution in [2.24, 2.45) is 0 Å². The zero-order valence-corrected chi connectivity index (χ0v) is 13.0. The molecule has 1 N–H and O–H groups in total. The third-order valence-corrected chi connectivity index (χ3v) is 3.51. The highest BCUT2D eigenvalue weighted by molar-refractivity contribution is 5.85. The van der Waals surface area contributed by atoms with Crippen LogP contribution in [0.1, 0.15) is 19.3 Å². The summed E-state index contributed by atoms with van der Waals surface area (Å²) in [6, 6.07) is 3.55. The fourth-order valence-electron chi connectivity index (χ4n) is 2.43. The second-order valence-electron chi connectivity index (χ2n) is 5.07. The Morgan fingerprint density at radius 2 is 2.14 bits per heavy atom.